The first-order valence-electron chi connectivity index (χ1n) is 6.00. The van der Waals surface area contributed by atoms with Gasteiger partial charge in [0.2, 0.25) is 5.95 Å². The van der Waals surface area contributed by atoms with E-state index >= 15 is 0 Å². The standard InChI is InChI=1S/C11H19N5S/c1-2-3-13-9-8-10(15-11(12)14-9)16-4-6-17-7-5-16/h8H,2-7H2,1H3,(H3,12,13,14,15). The number of aromatic nitrogens is 2. The van der Waals surface area contributed by atoms with Gasteiger partial charge in [0.15, 0.2) is 0 Å². The molecule has 5 nitrogen and oxygen atoms in total. The fraction of sp³-hybridized carbons (Fsp3) is 0.636. The Kier molecular flexibility index (Phi) is 4.30. The van der Waals surface area contributed by atoms with Gasteiger partial charge in [-0.05, 0) is 6.42 Å². The minimum atomic E-state index is 0.347. The lowest BCUT2D eigenvalue weighted by Crippen LogP contribution is -2.33. The van der Waals surface area contributed by atoms with Crippen LogP contribution in [-0.2, 0) is 0 Å². The minimum Gasteiger partial charge on any atom is -0.370 e. The van der Waals surface area contributed by atoms with Crippen LogP contribution in [0.2, 0.25) is 0 Å². The summed E-state index contributed by atoms with van der Waals surface area (Å²) in [6, 6.07) is 1.99. The molecule has 1 fully saturated rings. The van der Waals surface area contributed by atoms with Crippen LogP contribution >= 0.6 is 11.8 Å². The average Bonchev–Trinajstić information content (AvgIpc) is 2.37. The van der Waals surface area contributed by atoms with Gasteiger partial charge in [0, 0.05) is 37.2 Å². The smallest absolute Gasteiger partial charge is 0.223 e. The fourth-order valence-corrected chi connectivity index (χ4v) is 2.65. The Morgan fingerprint density at radius 3 is 2.88 bits per heavy atom. The number of nitrogens with two attached hydrogens (primary N) is 1. The Hall–Kier alpha value is -1.17. The van der Waals surface area contributed by atoms with E-state index in [2.05, 4.69) is 27.1 Å². The molecule has 3 N–H and O–H groups in total. The molecular weight excluding hydrogens is 234 g/mol. The molecule has 2 heterocycles. The summed E-state index contributed by atoms with van der Waals surface area (Å²) in [5, 5.41) is 3.25. The lowest BCUT2D eigenvalue weighted by atomic mass is 10.4. The van der Waals surface area contributed by atoms with E-state index in [0.29, 0.717) is 5.95 Å². The predicted molar refractivity (Wildman–Crippen MR) is 74.8 cm³/mol. The molecule has 0 bridgehead atoms. The Balaban J connectivity index is 2.12. The third-order valence-electron chi connectivity index (χ3n) is 2.62. The summed E-state index contributed by atoms with van der Waals surface area (Å²) in [6.45, 7) is 5.11. The van der Waals surface area contributed by atoms with E-state index in [1.165, 1.54) is 0 Å². The van der Waals surface area contributed by atoms with Gasteiger partial charge < -0.3 is 16.0 Å². The topological polar surface area (TPSA) is 67.1 Å². The van der Waals surface area contributed by atoms with Crippen LogP contribution in [0.4, 0.5) is 17.6 Å². The van der Waals surface area contributed by atoms with E-state index in [0.717, 1.165) is 49.2 Å². The van der Waals surface area contributed by atoms with E-state index < -0.39 is 0 Å². The van der Waals surface area contributed by atoms with Gasteiger partial charge in [-0.25, -0.2) is 0 Å². The van der Waals surface area contributed by atoms with Crippen molar-refractivity contribution in [3.8, 4) is 0 Å². The highest BCUT2D eigenvalue weighted by atomic mass is 32.2. The Bertz CT molecular complexity index is 365. The zero-order valence-corrected chi connectivity index (χ0v) is 11.0. The largest absolute Gasteiger partial charge is 0.370 e. The van der Waals surface area contributed by atoms with Crippen LogP contribution in [0.1, 0.15) is 13.3 Å². The number of thioether (sulfide) groups is 1. The normalized spacial score (nSPS) is 15.9. The van der Waals surface area contributed by atoms with Gasteiger partial charge in [0.05, 0.1) is 0 Å². The van der Waals surface area contributed by atoms with Crippen molar-refractivity contribution in [1.29, 1.82) is 0 Å². The molecule has 1 aromatic heterocycles. The molecule has 2 rings (SSSR count). The van der Waals surface area contributed by atoms with Crippen LogP contribution in [0.5, 0.6) is 0 Å². The van der Waals surface area contributed by atoms with Gasteiger partial charge in [-0.3, -0.25) is 0 Å². The first-order chi connectivity index (χ1) is 8.29. The van der Waals surface area contributed by atoms with Crippen LogP contribution in [-0.4, -0.2) is 41.1 Å². The number of anilines is 3. The van der Waals surface area contributed by atoms with Gasteiger partial charge in [-0.1, -0.05) is 6.92 Å². The van der Waals surface area contributed by atoms with Crippen LogP contribution in [0.25, 0.3) is 0 Å². The summed E-state index contributed by atoms with van der Waals surface area (Å²) in [5.41, 5.74) is 5.74. The van der Waals surface area contributed by atoms with Crippen molar-refractivity contribution in [3.63, 3.8) is 0 Å². The van der Waals surface area contributed by atoms with Gasteiger partial charge in [-0.2, -0.15) is 21.7 Å². The van der Waals surface area contributed by atoms with Crippen molar-refractivity contribution in [2.45, 2.75) is 13.3 Å². The highest BCUT2D eigenvalue weighted by Crippen LogP contribution is 2.20. The summed E-state index contributed by atoms with van der Waals surface area (Å²) in [7, 11) is 0. The van der Waals surface area contributed by atoms with Crippen molar-refractivity contribution in [2.24, 2.45) is 0 Å². The molecule has 1 saturated heterocycles. The number of nitrogen functional groups attached to an aromatic ring is 1. The van der Waals surface area contributed by atoms with Crippen LogP contribution in [0, 0.1) is 0 Å². The zero-order valence-electron chi connectivity index (χ0n) is 10.1. The van der Waals surface area contributed by atoms with Gasteiger partial charge >= 0.3 is 0 Å². The molecule has 0 aromatic carbocycles. The van der Waals surface area contributed by atoms with Crippen molar-refractivity contribution >= 4 is 29.3 Å². The van der Waals surface area contributed by atoms with E-state index in [-0.39, 0.29) is 0 Å². The molecule has 94 valence electrons. The average molecular weight is 253 g/mol. The zero-order chi connectivity index (χ0) is 12.1. The van der Waals surface area contributed by atoms with E-state index in [1.807, 2.05) is 17.8 Å². The van der Waals surface area contributed by atoms with Gasteiger partial charge in [0.1, 0.15) is 11.6 Å². The third kappa shape index (κ3) is 3.39. The molecule has 0 amide bonds. The molecule has 1 aromatic rings. The molecule has 1 aliphatic heterocycles. The maximum atomic E-state index is 5.74. The SMILES string of the molecule is CCCNc1cc(N2CCSCC2)nc(N)n1. The van der Waals surface area contributed by atoms with Crippen LogP contribution < -0.4 is 16.0 Å². The number of nitrogens with zero attached hydrogens (tertiary/aromatic N) is 3. The molecule has 0 atom stereocenters. The highest BCUT2D eigenvalue weighted by molar-refractivity contribution is 7.99. The first-order valence-corrected chi connectivity index (χ1v) is 7.16. The lowest BCUT2D eigenvalue weighted by Gasteiger charge is -2.27. The Morgan fingerprint density at radius 2 is 2.18 bits per heavy atom. The number of nitrogens with one attached hydrogen (secondary N) is 1. The first kappa shape index (κ1) is 12.3. The second-order valence-corrected chi connectivity index (χ2v) is 5.22. The molecule has 6 heteroatoms. The number of hydrogen-bond donors (Lipinski definition) is 2. The van der Waals surface area contributed by atoms with Crippen molar-refractivity contribution in [1.82, 2.24) is 9.97 Å². The van der Waals surface area contributed by atoms with Gasteiger partial charge in [-0.15, -0.1) is 0 Å². The molecule has 1 aliphatic rings. The highest BCUT2D eigenvalue weighted by Gasteiger charge is 2.13. The Labute approximate surface area is 106 Å². The molecule has 0 unspecified atom stereocenters. The quantitative estimate of drug-likeness (QED) is 0.846. The maximum absolute atomic E-state index is 5.74. The van der Waals surface area contributed by atoms with E-state index in [4.69, 9.17) is 5.73 Å². The second kappa shape index (κ2) is 5.95. The van der Waals surface area contributed by atoms with Crippen molar-refractivity contribution in [3.05, 3.63) is 6.07 Å². The van der Waals surface area contributed by atoms with Crippen LogP contribution in [0.3, 0.4) is 0 Å². The fourth-order valence-electron chi connectivity index (χ4n) is 1.75. The predicted octanol–water partition coefficient (Wildman–Crippen LogP) is 1.43. The third-order valence-corrected chi connectivity index (χ3v) is 3.56. The summed E-state index contributed by atoms with van der Waals surface area (Å²) < 4.78 is 0. The number of hydrogen-bond acceptors (Lipinski definition) is 6. The lowest BCUT2D eigenvalue weighted by molar-refractivity contribution is 0.836. The molecule has 0 saturated carbocycles. The molecule has 17 heavy (non-hydrogen) atoms. The van der Waals surface area contributed by atoms with Gasteiger partial charge in [0.25, 0.3) is 0 Å². The molecule has 0 spiro atoms. The summed E-state index contributed by atoms with van der Waals surface area (Å²) in [4.78, 5) is 10.8. The van der Waals surface area contributed by atoms with E-state index in [1.54, 1.807) is 0 Å². The molecular formula is C11H19N5S. The summed E-state index contributed by atoms with van der Waals surface area (Å²) in [6.07, 6.45) is 1.07. The summed E-state index contributed by atoms with van der Waals surface area (Å²) in [5.74, 6) is 4.42. The molecule has 0 aliphatic carbocycles. The molecule has 0 radical (unpaired) electrons. The maximum Gasteiger partial charge on any atom is 0.223 e. The number of rotatable bonds is 4. The van der Waals surface area contributed by atoms with Crippen molar-refractivity contribution in [2.75, 3.05) is 47.1 Å². The van der Waals surface area contributed by atoms with E-state index in [9.17, 15) is 0 Å². The Morgan fingerprint density at radius 1 is 1.41 bits per heavy atom. The summed E-state index contributed by atoms with van der Waals surface area (Å²) >= 11 is 1.98. The second-order valence-electron chi connectivity index (χ2n) is 4.00. The monoisotopic (exact) mass is 253 g/mol. The van der Waals surface area contributed by atoms with Crippen molar-refractivity contribution < 1.29 is 0 Å². The van der Waals surface area contributed by atoms with Crippen LogP contribution in [0.15, 0.2) is 6.07 Å². The minimum absolute atomic E-state index is 0.347.